The average Bonchev–Trinajstić information content (AvgIpc) is 3.08. The maximum atomic E-state index is 12.7. The molecule has 0 aliphatic heterocycles. The molecule has 0 radical (unpaired) electrons. The van der Waals surface area contributed by atoms with Gasteiger partial charge in [0.2, 0.25) is 0 Å². The van der Waals surface area contributed by atoms with Gasteiger partial charge in [0.05, 0.1) is 6.61 Å². The molecule has 0 saturated heterocycles. The summed E-state index contributed by atoms with van der Waals surface area (Å²) in [6.07, 6.45) is 0. The molecule has 0 bridgehead atoms. The Hall–Kier alpha value is -2.63. The molecule has 0 unspecified atom stereocenters. The van der Waals surface area contributed by atoms with Gasteiger partial charge in [-0.25, -0.2) is 4.79 Å². The summed E-state index contributed by atoms with van der Waals surface area (Å²) in [6.45, 7) is 6.08. The Morgan fingerprint density at radius 2 is 1.79 bits per heavy atom. The number of rotatable bonds is 5. The topological polar surface area (TPSA) is 55.4 Å². The third-order valence-corrected chi connectivity index (χ3v) is 5.57. The number of hydrogen-bond acceptors (Lipinski definition) is 4. The van der Waals surface area contributed by atoms with E-state index in [9.17, 15) is 9.59 Å². The lowest BCUT2D eigenvalue weighted by atomic mass is 9.99. The third kappa shape index (κ3) is 4.26. The molecule has 1 amide bonds. The van der Waals surface area contributed by atoms with Crippen LogP contribution in [0.2, 0.25) is 5.02 Å². The third-order valence-electron chi connectivity index (χ3n) is 4.42. The second kappa shape index (κ2) is 8.59. The van der Waals surface area contributed by atoms with Crippen molar-refractivity contribution in [3.63, 3.8) is 0 Å². The largest absolute Gasteiger partial charge is 0.462 e. The van der Waals surface area contributed by atoms with Crippen molar-refractivity contribution in [2.75, 3.05) is 11.9 Å². The lowest BCUT2D eigenvalue weighted by molar-refractivity contribution is 0.0529. The number of halogens is 1. The van der Waals surface area contributed by atoms with Crippen LogP contribution in [0.1, 0.15) is 38.8 Å². The van der Waals surface area contributed by atoms with Crippen LogP contribution in [-0.4, -0.2) is 18.5 Å². The van der Waals surface area contributed by atoms with E-state index in [1.165, 1.54) is 16.9 Å². The van der Waals surface area contributed by atoms with Crippen LogP contribution in [0, 0.1) is 13.8 Å². The highest BCUT2D eigenvalue weighted by atomic mass is 35.5. The first-order valence-electron chi connectivity index (χ1n) is 8.84. The zero-order valence-corrected chi connectivity index (χ0v) is 17.4. The molecular weight excluding hydrogens is 394 g/mol. The van der Waals surface area contributed by atoms with Gasteiger partial charge < -0.3 is 10.1 Å². The summed E-state index contributed by atoms with van der Waals surface area (Å²) in [5.41, 5.74) is 4.79. The number of nitrogens with one attached hydrogen (secondary N) is 1. The predicted octanol–water partition coefficient (Wildman–Crippen LogP) is 6.11. The van der Waals surface area contributed by atoms with Crippen LogP contribution >= 0.6 is 22.9 Å². The van der Waals surface area contributed by atoms with Gasteiger partial charge in [0.1, 0.15) is 10.6 Å². The first-order chi connectivity index (χ1) is 13.4. The van der Waals surface area contributed by atoms with Crippen LogP contribution in [0.15, 0.2) is 47.8 Å². The van der Waals surface area contributed by atoms with Gasteiger partial charge >= 0.3 is 5.97 Å². The summed E-state index contributed by atoms with van der Waals surface area (Å²) in [5.74, 6) is -0.765. The zero-order chi connectivity index (χ0) is 20.3. The van der Waals surface area contributed by atoms with Crippen molar-refractivity contribution in [1.82, 2.24) is 0 Å². The molecule has 3 aromatic rings. The van der Waals surface area contributed by atoms with E-state index in [2.05, 4.69) is 5.32 Å². The van der Waals surface area contributed by atoms with Gasteiger partial charge in [-0.1, -0.05) is 29.8 Å². The summed E-state index contributed by atoms with van der Waals surface area (Å²) >= 11 is 7.18. The lowest BCUT2D eigenvalue weighted by Gasteiger charge is -2.10. The summed E-state index contributed by atoms with van der Waals surface area (Å²) in [4.78, 5) is 25.3. The first-order valence-corrected chi connectivity index (χ1v) is 10.1. The van der Waals surface area contributed by atoms with E-state index < -0.39 is 5.97 Å². The molecule has 28 heavy (non-hydrogen) atoms. The van der Waals surface area contributed by atoms with E-state index in [-0.39, 0.29) is 12.5 Å². The summed E-state index contributed by atoms with van der Waals surface area (Å²) in [7, 11) is 0. The van der Waals surface area contributed by atoms with Gasteiger partial charge in [0.15, 0.2) is 0 Å². The number of benzene rings is 2. The normalized spacial score (nSPS) is 10.6. The fourth-order valence-corrected chi connectivity index (χ4v) is 3.83. The molecule has 0 aliphatic carbocycles. The Morgan fingerprint density at radius 3 is 2.43 bits per heavy atom. The van der Waals surface area contributed by atoms with Gasteiger partial charge in [0, 0.05) is 21.5 Å². The van der Waals surface area contributed by atoms with Crippen molar-refractivity contribution in [1.29, 1.82) is 0 Å². The predicted molar refractivity (Wildman–Crippen MR) is 115 cm³/mol. The second-order valence-electron chi connectivity index (χ2n) is 6.33. The summed E-state index contributed by atoms with van der Waals surface area (Å²) < 4.78 is 5.25. The molecule has 0 fully saturated rings. The fraction of sp³-hybridized carbons (Fsp3) is 0.182. The van der Waals surface area contributed by atoms with E-state index in [1.807, 2.05) is 37.4 Å². The quantitative estimate of drug-likeness (QED) is 0.513. The number of hydrogen-bond donors (Lipinski definition) is 1. The molecule has 3 rings (SSSR count). The fourth-order valence-electron chi connectivity index (χ4n) is 2.75. The van der Waals surface area contributed by atoms with Crippen molar-refractivity contribution in [2.24, 2.45) is 0 Å². The van der Waals surface area contributed by atoms with E-state index in [0.717, 1.165) is 16.7 Å². The van der Waals surface area contributed by atoms with Gasteiger partial charge in [0.25, 0.3) is 5.91 Å². The molecule has 0 saturated carbocycles. The molecule has 1 aromatic heterocycles. The van der Waals surface area contributed by atoms with Gasteiger partial charge in [-0.3, -0.25) is 4.79 Å². The molecule has 1 heterocycles. The van der Waals surface area contributed by atoms with E-state index in [4.69, 9.17) is 16.3 Å². The van der Waals surface area contributed by atoms with Crippen LogP contribution in [0.3, 0.4) is 0 Å². The van der Waals surface area contributed by atoms with Crippen molar-refractivity contribution in [3.8, 4) is 11.1 Å². The summed E-state index contributed by atoms with van der Waals surface area (Å²) in [6, 6.07) is 12.6. The number of thiophene rings is 1. The molecule has 0 spiro atoms. The molecule has 0 aliphatic rings. The first kappa shape index (κ1) is 20.1. The molecule has 0 atom stereocenters. The molecule has 1 N–H and O–H groups in total. The zero-order valence-electron chi connectivity index (χ0n) is 15.8. The van der Waals surface area contributed by atoms with E-state index >= 15 is 0 Å². The number of carbonyl (C=O) groups excluding carboxylic acids is 2. The van der Waals surface area contributed by atoms with Gasteiger partial charge in [-0.05, 0) is 61.7 Å². The minimum Gasteiger partial charge on any atom is -0.462 e. The van der Waals surface area contributed by atoms with E-state index in [1.54, 1.807) is 31.2 Å². The van der Waals surface area contributed by atoms with Crippen molar-refractivity contribution < 1.29 is 14.3 Å². The highest BCUT2D eigenvalue weighted by Gasteiger charge is 2.23. The minimum atomic E-state index is -0.455. The van der Waals surface area contributed by atoms with Crippen molar-refractivity contribution >= 4 is 39.8 Å². The SMILES string of the molecule is CCOC(=O)c1c(-c2ccc(C)c(C)c2)csc1NC(=O)c1ccc(Cl)cc1. The molecule has 4 nitrogen and oxygen atoms in total. The number of amides is 1. The highest BCUT2D eigenvalue weighted by molar-refractivity contribution is 7.15. The van der Waals surface area contributed by atoms with Gasteiger partial charge in [-0.2, -0.15) is 0 Å². The van der Waals surface area contributed by atoms with Gasteiger partial charge in [-0.15, -0.1) is 11.3 Å². The monoisotopic (exact) mass is 413 g/mol. The lowest BCUT2D eigenvalue weighted by Crippen LogP contribution is -2.14. The molecule has 2 aromatic carbocycles. The highest BCUT2D eigenvalue weighted by Crippen LogP contribution is 2.37. The summed E-state index contributed by atoms with van der Waals surface area (Å²) in [5, 5.41) is 5.72. The smallest absolute Gasteiger partial charge is 0.341 e. The molecular formula is C22H20ClNO3S. The van der Waals surface area contributed by atoms with Crippen LogP contribution in [0.4, 0.5) is 5.00 Å². The van der Waals surface area contributed by atoms with Crippen molar-refractivity contribution in [3.05, 3.63) is 75.1 Å². The Morgan fingerprint density at radius 1 is 1.07 bits per heavy atom. The molecule has 144 valence electrons. The number of anilines is 1. The second-order valence-corrected chi connectivity index (χ2v) is 7.65. The number of esters is 1. The number of aryl methyl sites for hydroxylation is 2. The van der Waals surface area contributed by atoms with Crippen LogP contribution in [0.5, 0.6) is 0 Å². The Bertz CT molecular complexity index is 1020. The number of ether oxygens (including phenoxy) is 1. The molecule has 6 heteroatoms. The van der Waals surface area contributed by atoms with Crippen LogP contribution in [0.25, 0.3) is 11.1 Å². The Labute approximate surface area is 173 Å². The Balaban J connectivity index is 2.00. The van der Waals surface area contributed by atoms with E-state index in [0.29, 0.717) is 21.2 Å². The van der Waals surface area contributed by atoms with Crippen LogP contribution < -0.4 is 5.32 Å². The van der Waals surface area contributed by atoms with Crippen LogP contribution in [-0.2, 0) is 4.74 Å². The van der Waals surface area contributed by atoms with Crippen molar-refractivity contribution in [2.45, 2.75) is 20.8 Å². The standard InChI is InChI=1S/C22H20ClNO3S/c1-4-27-22(26)19-18(16-6-5-13(2)14(3)11-16)12-28-21(19)24-20(25)15-7-9-17(23)10-8-15/h5-12H,4H2,1-3H3,(H,24,25). The maximum Gasteiger partial charge on any atom is 0.341 e. The minimum absolute atomic E-state index is 0.256. The number of carbonyl (C=O) groups is 2. The maximum absolute atomic E-state index is 12.7. The average molecular weight is 414 g/mol. The Kier molecular flexibility index (Phi) is 6.17.